The SMILES string of the molecule is CCCC/C=N\NC(=O)c1ccccc1Cl. The fraction of sp³-hybridized carbons (Fsp3) is 0.333. The fourth-order valence-corrected chi connectivity index (χ4v) is 1.39. The molecule has 4 heteroatoms. The summed E-state index contributed by atoms with van der Waals surface area (Å²) in [5.41, 5.74) is 2.89. The molecule has 0 atom stereocenters. The molecule has 0 aliphatic carbocycles. The summed E-state index contributed by atoms with van der Waals surface area (Å²) in [7, 11) is 0. The van der Waals surface area contributed by atoms with Crippen LogP contribution in [0.25, 0.3) is 0 Å². The maximum atomic E-state index is 11.6. The summed E-state index contributed by atoms with van der Waals surface area (Å²) in [6.07, 6.45) is 4.77. The first-order valence-corrected chi connectivity index (χ1v) is 5.70. The van der Waals surface area contributed by atoms with Gasteiger partial charge in [0.1, 0.15) is 0 Å². The summed E-state index contributed by atoms with van der Waals surface area (Å²) in [6.45, 7) is 2.11. The Labute approximate surface area is 101 Å². The van der Waals surface area contributed by atoms with Crippen LogP contribution in [0.3, 0.4) is 0 Å². The number of benzene rings is 1. The quantitative estimate of drug-likeness (QED) is 0.478. The molecular weight excluding hydrogens is 224 g/mol. The lowest BCUT2D eigenvalue weighted by Gasteiger charge is -2.01. The Morgan fingerprint density at radius 1 is 1.50 bits per heavy atom. The van der Waals surface area contributed by atoms with Crippen molar-refractivity contribution in [3.05, 3.63) is 34.9 Å². The van der Waals surface area contributed by atoms with Crippen LogP contribution < -0.4 is 5.43 Å². The number of nitrogens with one attached hydrogen (secondary N) is 1. The van der Waals surface area contributed by atoms with E-state index in [4.69, 9.17) is 11.6 Å². The molecule has 0 fully saturated rings. The molecule has 0 bridgehead atoms. The Kier molecular flexibility index (Phi) is 5.57. The highest BCUT2D eigenvalue weighted by molar-refractivity contribution is 6.33. The number of nitrogens with zero attached hydrogens (tertiary/aromatic N) is 1. The molecule has 0 heterocycles. The van der Waals surface area contributed by atoms with Crippen molar-refractivity contribution in [2.24, 2.45) is 5.10 Å². The van der Waals surface area contributed by atoms with Crippen LogP contribution in [0.15, 0.2) is 29.4 Å². The average molecular weight is 239 g/mol. The third kappa shape index (κ3) is 4.03. The predicted molar refractivity (Wildman–Crippen MR) is 66.9 cm³/mol. The Bertz CT molecular complexity index is 377. The van der Waals surface area contributed by atoms with Gasteiger partial charge in [0, 0.05) is 6.21 Å². The molecule has 0 spiro atoms. The van der Waals surface area contributed by atoms with Gasteiger partial charge in [-0.2, -0.15) is 5.10 Å². The zero-order valence-corrected chi connectivity index (χ0v) is 10.00. The Morgan fingerprint density at radius 3 is 2.94 bits per heavy atom. The van der Waals surface area contributed by atoms with E-state index < -0.39 is 0 Å². The van der Waals surface area contributed by atoms with E-state index in [0.29, 0.717) is 10.6 Å². The Balaban J connectivity index is 2.47. The summed E-state index contributed by atoms with van der Waals surface area (Å²) in [5, 5.41) is 4.28. The van der Waals surface area contributed by atoms with Crippen molar-refractivity contribution in [2.45, 2.75) is 26.2 Å². The molecule has 0 aliphatic heterocycles. The van der Waals surface area contributed by atoms with Gasteiger partial charge in [-0.1, -0.05) is 37.1 Å². The number of carbonyl (C=O) groups excluding carboxylic acids is 1. The maximum absolute atomic E-state index is 11.6. The van der Waals surface area contributed by atoms with E-state index in [1.807, 2.05) is 0 Å². The van der Waals surface area contributed by atoms with Crippen molar-refractivity contribution in [1.29, 1.82) is 0 Å². The number of hydrazone groups is 1. The molecule has 0 radical (unpaired) electrons. The van der Waals surface area contributed by atoms with Crippen LogP contribution >= 0.6 is 11.6 Å². The van der Waals surface area contributed by atoms with Crippen molar-refractivity contribution >= 4 is 23.7 Å². The first-order valence-electron chi connectivity index (χ1n) is 5.32. The van der Waals surface area contributed by atoms with E-state index in [1.165, 1.54) is 0 Å². The minimum atomic E-state index is -0.279. The number of halogens is 1. The molecule has 0 aliphatic rings. The zero-order chi connectivity index (χ0) is 11.8. The molecule has 16 heavy (non-hydrogen) atoms. The molecule has 0 aromatic heterocycles. The summed E-state index contributed by atoms with van der Waals surface area (Å²) in [6, 6.07) is 6.89. The van der Waals surface area contributed by atoms with Crippen LogP contribution in [0.2, 0.25) is 5.02 Å². The number of carbonyl (C=O) groups is 1. The topological polar surface area (TPSA) is 41.5 Å². The van der Waals surface area contributed by atoms with Crippen molar-refractivity contribution < 1.29 is 4.79 Å². The van der Waals surface area contributed by atoms with Gasteiger partial charge < -0.3 is 0 Å². The standard InChI is InChI=1S/C12H15ClN2O/c1-2-3-6-9-14-15-12(16)10-7-4-5-8-11(10)13/h4-5,7-9H,2-3,6H2,1H3,(H,15,16)/b14-9-. The van der Waals surface area contributed by atoms with Crippen molar-refractivity contribution in [3.8, 4) is 0 Å². The van der Waals surface area contributed by atoms with Crippen molar-refractivity contribution in [3.63, 3.8) is 0 Å². The van der Waals surface area contributed by atoms with Gasteiger partial charge in [-0.3, -0.25) is 4.79 Å². The molecule has 1 rings (SSSR count). The normalized spacial score (nSPS) is 10.6. The zero-order valence-electron chi connectivity index (χ0n) is 9.24. The lowest BCUT2D eigenvalue weighted by atomic mass is 10.2. The maximum Gasteiger partial charge on any atom is 0.272 e. The second-order valence-electron chi connectivity index (χ2n) is 3.37. The number of unbranched alkanes of at least 4 members (excludes halogenated alkanes) is 2. The molecule has 3 nitrogen and oxygen atoms in total. The number of amides is 1. The van der Waals surface area contributed by atoms with Crippen LogP contribution in [0.1, 0.15) is 36.5 Å². The van der Waals surface area contributed by atoms with E-state index in [0.717, 1.165) is 19.3 Å². The van der Waals surface area contributed by atoms with Gasteiger partial charge in [0.25, 0.3) is 5.91 Å². The van der Waals surface area contributed by atoms with Crippen LogP contribution in [0, 0.1) is 0 Å². The van der Waals surface area contributed by atoms with Crippen LogP contribution in [-0.2, 0) is 0 Å². The third-order valence-corrected chi connectivity index (χ3v) is 2.39. The highest BCUT2D eigenvalue weighted by Gasteiger charge is 2.07. The minimum absolute atomic E-state index is 0.279. The van der Waals surface area contributed by atoms with E-state index in [-0.39, 0.29) is 5.91 Å². The summed E-state index contributed by atoms with van der Waals surface area (Å²) in [4.78, 5) is 11.6. The molecule has 1 aromatic rings. The largest absolute Gasteiger partial charge is 0.272 e. The highest BCUT2D eigenvalue weighted by atomic mass is 35.5. The first kappa shape index (κ1) is 12.7. The molecule has 1 aromatic carbocycles. The van der Waals surface area contributed by atoms with Crippen molar-refractivity contribution in [1.82, 2.24) is 5.43 Å². The van der Waals surface area contributed by atoms with Crippen LogP contribution in [-0.4, -0.2) is 12.1 Å². The fourth-order valence-electron chi connectivity index (χ4n) is 1.17. The van der Waals surface area contributed by atoms with Crippen LogP contribution in [0.4, 0.5) is 0 Å². The number of rotatable bonds is 5. The van der Waals surface area contributed by atoms with Gasteiger partial charge in [-0.05, 0) is 25.0 Å². The van der Waals surface area contributed by atoms with Gasteiger partial charge in [-0.15, -0.1) is 0 Å². The molecule has 0 unspecified atom stereocenters. The second-order valence-corrected chi connectivity index (χ2v) is 3.78. The van der Waals surface area contributed by atoms with Crippen LogP contribution in [0.5, 0.6) is 0 Å². The lowest BCUT2D eigenvalue weighted by Crippen LogP contribution is -2.17. The second kappa shape index (κ2) is 7.01. The van der Waals surface area contributed by atoms with E-state index >= 15 is 0 Å². The Morgan fingerprint density at radius 2 is 2.25 bits per heavy atom. The summed E-state index contributed by atoms with van der Waals surface area (Å²) < 4.78 is 0. The molecular formula is C12H15ClN2O. The summed E-state index contributed by atoms with van der Waals surface area (Å²) >= 11 is 5.87. The number of hydrogen-bond donors (Lipinski definition) is 1. The van der Waals surface area contributed by atoms with Crippen molar-refractivity contribution in [2.75, 3.05) is 0 Å². The van der Waals surface area contributed by atoms with Gasteiger partial charge in [0.15, 0.2) is 0 Å². The minimum Gasteiger partial charge on any atom is -0.267 e. The smallest absolute Gasteiger partial charge is 0.267 e. The van der Waals surface area contributed by atoms with E-state index in [1.54, 1.807) is 30.5 Å². The average Bonchev–Trinajstić information content (AvgIpc) is 2.29. The molecule has 1 amide bonds. The molecule has 0 saturated heterocycles. The number of hydrogen-bond acceptors (Lipinski definition) is 2. The molecule has 86 valence electrons. The first-order chi connectivity index (χ1) is 7.75. The lowest BCUT2D eigenvalue weighted by molar-refractivity contribution is 0.0955. The molecule has 1 N–H and O–H groups in total. The van der Waals surface area contributed by atoms with Gasteiger partial charge >= 0.3 is 0 Å². The highest BCUT2D eigenvalue weighted by Crippen LogP contribution is 2.14. The van der Waals surface area contributed by atoms with Gasteiger partial charge in [0.05, 0.1) is 10.6 Å². The Hall–Kier alpha value is -1.35. The van der Waals surface area contributed by atoms with E-state index in [2.05, 4.69) is 17.5 Å². The van der Waals surface area contributed by atoms with Gasteiger partial charge in [-0.25, -0.2) is 5.43 Å². The predicted octanol–water partition coefficient (Wildman–Crippen LogP) is 3.25. The van der Waals surface area contributed by atoms with Gasteiger partial charge in [0.2, 0.25) is 0 Å². The third-order valence-electron chi connectivity index (χ3n) is 2.06. The molecule has 0 saturated carbocycles. The summed E-state index contributed by atoms with van der Waals surface area (Å²) in [5.74, 6) is -0.279. The van der Waals surface area contributed by atoms with E-state index in [9.17, 15) is 4.79 Å². The monoisotopic (exact) mass is 238 g/mol.